The summed E-state index contributed by atoms with van der Waals surface area (Å²) in [5.74, 6) is 0. The van der Waals surface area contributed by atoms with Gasteiger partial charge in [-0.15, -0.1) is 0 Å². The predicted octanol–water partition coefficient (Wildman–Crippen LogP) is 2.66. The highest BCUT2D eigenvalue weighted by Gasteiger charge is 2.07. The fraction of sp³-hybridized carbons (Fsp3) is 1.00. The van der Waals surface area contributed by atoms with Crippen molar-refractivity contribution >= 4 is 8.80 Å². The summed E-state index contributed by atoms with van der Waals surface area (Å²) in [6.45, 7) is 9.50. The second-order valence-corrected chi connectivity index (χ2v) is 6.25. The van der Waals surface area contributed by atoms with E-state index in [2.05, 4.69) is 26.9 Å². The van der Waals surface area contributed by atoms with Crippen molar-refractivity contribution in [3.63, 3.8) is 0 Å². The fourth-order valence-corrected chi connectivity index (χ4v) is 3.12. The van der Waals surface area contributed by atoms with Gasteiger partial charge in [-0.3, -0.25) is 0 Å². The van der Waals surface area contributed by atoms with Crippen molar-refractivity contribution in [1.29, 1.82) is 0 Å². The van der Waals surface area contributed by atoms with E-state index in [1.54, 1.807) is 0 Å². The molecule has 0 aromatic carbocycles. The van der Waals surface area contributed by atoms with E-state index >= 15 is 0 Å². The second kappa shape index (κ2) is 4.13. The van der Waals surface area contributed by atoms with Crippen LogP contribution in [0, 0.1) is 0 Å². The van der Waals surface area contributed by atoms with Gasteiger partial charge in [0.15, 0.2) is 0 Å². The lowest BCUT2D eigenvalue weighted by Gasteiger charge is -2.13. The molecule has 0 unspecified atom stereocenters. The molecule has 0 heterocycles. The molecule has 0 saturated heterocycles. The molecule has 50 valence electrons. The van der Waals surface area contributed by atoms with Crippen LogP contribution < -0.4 is 0 Å². The van der Waals surface area contributed by atoms with Crippen LogP contribution in [0.25, 0.3) is 0 Å². The Morgan fingerprint density at radius 2 is 1.50 bits per heavy atom. The van der Waals surface area contributed by atoms with Crippen molar-refractivity contribution in [3.05, 3.63) is 0 Å². The zero-order chi connectivity index (χ0) is 6.57. The average molecular weight is 130 g/mol. The number of hydrogen-bond acceptors (Lipinski definition) is 0. The summed E-state index contributed by atoms with van der Waals surface area (Å²) in [5, 5.41) is 0. The van der Waals surface area contributed by atoms with Crippen LogP contribution in [0.5, 0.6) is 0 Å². The molecule has 0 aromatic heterocycles. The first kappa shape index (κ1) is 8.22. The van der Waals surface area contributed by atoms with Crippen LogP contribution in [0.15, 0.2) is 0 Å². The summed E-state index contributed by atoms with van der Waals surface area (Å²) in [7, 11) is -0.285. The van der Waals surface area contributed by atoms with E-state index in [0.717, 1.165) is 5.54 Å². The van der Waals surface area contributed by atoms with E-state index in [1.165, 1.54) is 12.8 Å². The van der Waals surface area contributed by atoms with Crippen LogP contribution in [-0.2, 0) is 0 Å². The van der Waals surface area contributed by atoms with E-state index in [9.17, 15) is 0 Å². The van der Waals surface area contributed by atoms with Crippen LogP contribution in [0.1, 0.15) is 26.7 Å². The molecule has 0 rings (SSSR count). The molecule has 0 radical (unpaired) electrons. The Morgan fingerprint density at radius 1 is 1.12 bits per heavy atom. The summed E-state index contributed by atoms with van der Waals surface area (Å²) in [6.07, 6.45) is 2.81. The minimum Gasteiger partial charge on any atom is -0.0720 e. The van der Waals surface area contributed by atoms with E-state index in [4.69, 9.17) is 0 Å². The summed E-state index contributed by atoms with van der Waals surface area (Å²) in [4.78, 5) is 0. The van der Waals surface area contributed by atoms with Crippen LogP contribution in [-0.4, -0.2) is 8.80 Å². The molecule has 0 N–H and O–H groups in total. The molecule has 0 spiro atoms. The molecular weight excluding hydrogens is 112 g/mol. The van der Waals surface area contributed by atoms with Crippen LogP contribution in [0.3, 0.4) is 0 Å². The first-order valence-corrected chi connectivity index (χ1v) is 6.69. The zero-order valence-corrected chi connectivity index (χ0v) is 7.72. The van der Waals surface area contributed by atoms with Gasteiger partial charge in [-0.05, 0) is 5.54 Å². The van der Waals surface area contributed by atoms with Gasteiger partial charge in [0.2, 0.25) is 0 Å². The Bertz CT molecular complexity index is 46.3. The Morgan fingerprint density at radius 3 is 1.50 bits per heavy atom. The summed E-state index contributed by atoms with van der Waals surface area (Å²) >= 11 is 0. The van der Waals surface area contributed by atoms with Gasteiger partial charge in [-0.1, -0.05) is 39.8 Å². The summed E-state index contributed by atoms with van der Waals surface area (Å²) < 4.78 is 0. The molecule has 0 amide bonds. The van der Waals surface area contributed by atoms with Crippen molar-refractivity contribution in [2.45, 2.75) is 45.3 Å². The van der Waals surface area contributed by atoms with Gasteiger partial charge in [-0.2, -0.15) is 0 Å². The van der Waals surface area contributed by atoms with Gasteiger partial charge in [0.05, 0.1) is 0 Å². The number of hydrogen-bond donors (Lipinski definition) is 0. The Hall–Kier alpha value is 0.217. The lowest BCUT2D eigenvalue weighted by Crippen LogP contribution is -2.09. The standard InChI is InChI=1S/C7H18Si/c1-5-7(6-2)8(3)4/h7-8H,5-6H2,1-4H3. The highest BCUT2D eigenvalue weighted by atomic mass is 28.3. The maximum atomic E-state index is 2.44. The Labute approximate surface area is 54.9 Å². The molecule has 0 nitrogen and oxygen atoms in total. The molecule has 0 aliphatic carbocycles. The van der Waals surface area contributed by atoms with Gasteiger partial charge in [0.1, 0.15) is 0 Å². The fourth-order valence-electron chi connectivity index (χ4n) is 1.23. The van der Waals surface area contributed by atoms with Crippen LogP contribution >= 0.6 is 0 Å². The van der Waals surface area contributed by atoms with Crippen molar-refractivity contribution < 1.29 is 0 Å². The van der Waals surface area contributed by atoms with Crippen LogP contribution in [0.4, 0.5) is 0 Å². The van der Waals surface area contributed by atoms with Gasteiger partial charge in [0.25, 0.3) is 0 Å². The lowest BCUT2D eigenvalue weighted by atomic mass is 10.3. The molecule has 0 aliphatic heterocycles. The number of rotatable bonds is 3. The van der Waals surface area contributed by atoms with Gasteiger partial charge >= 0.3 is 0 Å². The van der Waals surface area contributed by atoms with E-state index in [0.29, 0.717) is 0 Å². The van der Waals surface area contributed by atoms with E-state index in [-0.39, 0.29) is 8.80 Å². The van der Waals surface area contributed by atoms with Gasteiger partial charge in [0, 0.05) is 8.80 Å². The second-order valence-electron chi connectivity index (χ2n) is 2.82. The molecule has 0 fully saturated rings. The normalized spacial score (nSPS) is 11.2. The first-order chi connectivity index (χ1) is 3.72. The minimum atomic E-state index is -0.285. The largest absolute Gasteiger partial charge is 0.0720 e. The monoisotopic (exact) mass is 130 g/mol. The first-order valence-electron chi connectivity index (χ1n) is 3.72. The van der Waals surface area contributed by atoms with Crippen molar-refractivity contribution in [3.8, 4) is 0 Å². The summed E-state index contributed by atoms with van der Waals surface area (Å²) in [6, 6.07) is 0. The minimum absolute atomic E-state index is 0.285. The SMILES string of the molecule is CCC(CC)[SiH](C)C. The molecular formula is C7H18Si. The molecule has 1 heteroatoms. The third-order valence-electron chi connectivity index (χ3n) is 1.99. The predicted molar refractivity (Wildman–Crippen MR) is 43.2 cm³/mol. The highest BCUT2D eigenvalue weighted by molar-refractivity contribution is 6.57. The molecule has 0 bridgehead atoms. The third kappa shape index (κ3) is 2.51. The van der Waals surface area contributed by atoms with Gasteiger partial charge < -0.3 is 0 Å². The van der Waals surface area contributed by atoms with Crippen molar-refractivity contribution in [2.75, 3.05) is 0 Å². The molecule has 0 aromatic rings. The Balaban J connectivity index is 3.35. The van der Waals surface area contributed by atoms with E-state index < -0.39 is 0 Å². The molecule has 0 atom stereocenters. The lowest BCUT2D eigenvalue weighted by molar-refractivity contribution is 0.751. The average Bonchev–Trinajstić information content (AvgIpc) is 1.69. The Kier molecular flexibility index (Phi) is 4.24. The highest BCUT2D eigenvalue weighted by Crippen LogP contribution is 2.18. The van der Waals surface area contributed by atoms with Crippen molar-refractivity contribution in [2.24, 2.45) is 0 Å². The molecule has 0 aliphatic rings. The maximum Gasteiger partial charge on any atom is 0.0336 e. The smallest absolute Gasteiger partial charge is 0.0336 e. The zero-order valence-electron chi connectivity index (χ0n) is 6.57. The van der Waals surface area contributed by atoms with Crippen LogP contribution in [0.2, 0.25) is 18.6 Å². The third-order valence-corrected chi connectivity index (χ3v) is 4.82. The maximum absolute atomic E-state index is 2.44. The molecule has 0 saturated carbocycles. The van der Waals surface area contributed by atoms with Crippen molar-refractivity contribution in [1.82, 2.24) is 0 Å². The molecule has 8 heavy (non-hydrogen) atoms. The topological polar surface area (TPSA) is 0 Å². The van der Waals surface area contributed by atoms with E-state index in [1.807, 2.05) is 0 Å². The van der Waals surface area contributed by atoms with Gasteiger partial charge in [-0.25, -0.2) is 0 Å². The summed E-state index contributed by atoms with van der Waals surface area (Å²) in [5.41, 5.74) is 1.09. The quantitative estimate of drug-likeness (QED) is 0.515.